The Labute approximate surface area is 192 Å². The van der Waals surface area contributed by atoms with Gasteiger partial charge in [0.1, 0.15) is 5.69 Å². The average molecular weight is 480 g/mol. The summed E-state index contributed by atoms with van der Waals surface area (Å²) < 4.78 is 36.4. The first-order valence-corrected chi connectivity index (χ1v) is 12.4. The SMILES string of the molecule is O=c1c2c(cnn1-c1cccc(Cl)c1)N1CCN(CC1)S(=O)(=O)NCC=CCCCCO2. The van der Waals surface area contributed by atoms with Gasteiger partial charge >= 0.3 is 5.56 Å². The van der Waals surface area contributed by atoms with Gasteiger partial charge in [0, 0.05) is 37.7 Å². The van der Waals surface area contributed by atoms with Crippen molar-refractivity contribution in [3.8, 4) is 11.4 Å². The molecule has 0 saturated carbocycles. The molecular weight excluding hydrogens is 454 g/mol. The summed E-state index contributed by atoms with van der Waals surface area (Å²) in [5.41, 5.74) is 0.751. The molecule has 172 valence electrons. The molecule has 32 heavy (non-hydrogen) atoms. The summed E-state index contributed by atoms with van der Waals surface area (Å²) in [6.45, 7) is 2.13. The zero-order chi connectivity index (χ0) is 22.6. The third-order valence-corrected chi connectivity index (χ3v) is 7.26. The number of hydrogen-bond donors (Lipinski definition) is 1. The van der Waals surface area contributed by atoms with Gasteiger partial charge < -0.3 is 9.64 Å². The summed E-state index contributed by atoms with van der Waals surface area (Å²) in [6, 6.07) is 6.91. The lowest BCUT2D eigenvalue weighted by Gasteiger charge is -2.35. The number of allylic oxidation sites excluding steroid dienone is 1. The molecule has 0 aliphatic carbocycles. The Morgan fingerprint density at radius 1 is 1.09 bits per heavy atom. The Morgan fingerprint density at radius 3 is 2.69 bits per heavy atom. The Hall–Kier alpha value is -2.40. The number of fused-ring (bicyclic) bond motifs is 10. The molecule has 2 aromatic rings. The van der Waals surface area contributed by atoms with E-state index in [4.69, 9.17) is 16.3 Å². The lowest BCUT2D eigenvalue weighted by Crippen LogP contribution is -2.52. The van der Waals surface area contributed by atoms with Crippen molar-refractivity contribution in [1.82, 2.24) is 18.8 Å². The van der Waals surface area contributed by atoms with E-state index < -0.39 is 10.2 Å². The molecule has 3 aliphatic rings. The van der Waals surface area contributed by atoms with Crippen LogP contribution in [-0.4, -0.2) is 61.8 Å². The lowest BCUT2D eigenvalue weighted by atomic mass is 10.2. The molecule has 1 N–H and O–H groups in total. The van der Waals surface area contributed by atoms with Crippen LogP contribution in [0.25, 0.3) is 5.69 Å². The fourth-order valence-corrected chi connectivity index (χ4v) is 5.05. The van der Waals surface area contributed by atoms with Crippen LogP contribution in [0.15, 0.2) is 47.4 Å². The highest BCUT2D eigenvalue weighted by atomic mass is 35.5. The van der Waals surface area contributed by atoms with Gasteiger partial charge in [-0.15, -0.1) is 0 Å². The molecule has 1 fully saturated rings. The summed E-state index contributed by atoms with van der Waals surface area (Å²) >= 11 is 6.09. The molecule has 3 aliphatic heterocycles. The van der Waals surface area contributed by atoms with E-state index in [0.29, 0.717) is 49.2 Å². The third-order valence-electron chi connectivity index (χ3n) is 5.45. The number of piperazine rings is 1. The molecule has 11 heteroatoms. The van der Waals surface area contributed by atoms with Gasteiger partial charge in [0.25, 0.3) is 10.2 Å². The molecule has 1 aromatic carbocycles. The Balaban J connectivity index is 1.68. The third kappa shape index (κ3) is 5.15. The molecule has 9 nitrogen and oxygen atoms in total. The van der Waals surface area contributed by atoms with Crippen LogP contribution in [0, 0.1) is 0 Å². The number of rotatable bonds is 1. The van der Waals surface area contributed by atoms with Crippen LogP contribution in [0.5, 0.6) is 5.75 Å². The van der Waals surface area contributed by atoms with Gasteiger partial charge in [0.2, 0.25) is 5.75 Å². The molecule has 1 saturated heterocycles. The molecule has 2 bridgehead atoms. The van der Waals surface area contributed by atoms with Gasteiger partial charge in [-0.05, 0) is 37.5 Å². The summed E-state index contributed by atoms with van der Waals surface area (Å²) in [7, 11) is -3.55. The van der Waals surface area contributed by atoms with Crippen molar-refractivity contribution < 1.29 is 13.2 Å². The van der Waals surface area contributed by atoms with Crippen LogP contribution >= 0.6 is 11.6 Å². The number of nitrogens with one attached hydrogen (secondary N) is 1. The first kappa shape index (κ1) is 22.8. The minimum atomic E-state index is -3.55. The quantitative estimate of drug-likeness (QED) is 0.628. The Morgan fingerprint density at radius 2 is 1.91 bits per heavy atom. The second kappa shape index (κ2) is 10.0. The number of halogens is 1. The van der Waals surface area contributed by atoms with E-state index in [9.17, 15) is 13.2 Å². The highest BCUT2D eigenvalue weighted by Gasteiger charge is 2.29. The van der Waals surface area contributed by atoms with E-state index >= 15 is 0 Å². The molecule has 1 aromatic heterocycles. The van der Waals surface area contributed by atoms with Crippen molar-refractivity contribution in [3.05, 3.63) is 58.0 Å². The fraction of sp³-hybridized carbons (Fsp3) is 0.429. The number of nitrogens with zero attached hydrogens (tertiary/aromatic N) is 4. The Bertz CT molecular complexity index is 1140. The number of anilines is 1. The summed E-state index contributed by atoms with van der Waals surface area (Å²) in [4.78, 5) is 15.3. The van der Waals surface area contributed by atoms with Crippen LogP contribution in [0.3, 0.4) is 0 Å². The molecule has 4 heterocycles. The van der Waals surface area contributed by atoms with Gasteiger partial charge in [0.05, 0.1) is 18.5 Å². The van der Waals surface area contributed by atoms with Crippen molar-refractivity contribution in [1.29, 1.82) is 0 Å². The van der Waals surface area contributed by atoms with E-state index in [1.54, 1.807) is 30.5 Å². The first-order valence-electron chi connectivity index (χ1n) is 10.6. The summed E-state index contributed by atoms with van der Waals surface area (Å²) in [5.74, 6) is 0.219. The second-order valence-corrected chi connectivity index (χ2v) is 9.80. The van der Waals surface area contributed by atoms with Crippen LogP contribution in [-0.2, 0) is 10.2 Å². The maximum absolute atomic E-state index is 13.3. The van der Waals surface area contributed by atoms with Crippen LogP contribution < -0.4 is 19.9 Å². The standard InChI is InChI=1S/C21H26ClN5O4S/c22-17-7-6-8-18(15-17)27-21(28)20-19(16-23-27)25-10-12-26(13-11-25)32(29,30)24-9-4-2-1-3-5-14-31-20/h2,4,6-8,15-16,24H,1,3,5,9-14H2. The number of hydrogen-bond acceptors (Lipinski definition) is 6. The minimum absolute atomic E-state index is 0.219. The smallest absolute Gasteiger partial charge is 0.316 e. The van der Waals surface area contributed by atoms with Crippen molar-refractivity contribution >= 4 is 27.5 Å². The van der Waals surface area contributed by atoms with Crippen molar-refractivity contribution in [2.24, 2.45) is 0 Å². The number of ether oxygens (including phenoxy) is 1. The van der Waals surface area contributed by atoms with E-state index in [2.05, 4.69) is 9.82 Å². The van der Waals surface area contributed by atoms with Crippen molar-refractivity contribution in [2.75, 3.05) is 44.2 Å². The van der Waals surface area contributed by atoms with E-state index in [1.165, 1.54) is 8.99 Å². The fourth-order valence-electron chi connectivity index (χ4n) is 3.74. The highest BCUT2D eigenvalue weighted by molar-refractivity contribution is 7.87. The van der Waals surface area contributed by atoms with Crippen molar-refractivity contribution in [2.45, 2.75) is 19.3 Å². The van der Waals surface area contributed by atoms with E-state index in [0.717, 1.165) is 19.3 Å². The zero-order valence-corrected chi connectivity index (χ0v) is 19.2. The van der Waals surface area contributed by atoms with Gasteiger partial charge in [-0.3, -0.25) is 4.79 Å². The van der Waals surface area contributed by atoms with Gasteiger partial charge in [-0.2, -0.15) is 27.2 Å². The van der Waals surface area contributed by atoms with E-state index in [1.807, 2.05) is 17.1 Å². The average Bonchev–Trinajstić information content (AvgIpc) is 2.78. The minimum Gasteiger partial charge on any atom is -0.486 e. The highest BCUT2D eigenvalue weighted by Crippen LogP contribution is 2.26. The zero-order valence-electron chi connectivity index (χ0n) is 17.6. The Kier molecular flexibility index (Phi) is 7.14. The number of aromatic nitrogens is 2. The summed E-state index contributed by atoms with van der Waals surface area (Å²) in [6.07, 6.45) is 7.81. The monoisotopic (exact) mass is 479 g/mol. The summed E-state index contributed by atoms with van der Waals surface area (Å²) in [5, 5.41) is 4.85. The molecule has 0 spiro atoms. The normalized spacial score (nSPS) is 20.0. The van der Waals surface area contributed by atoms with Gasteiger partial charge in [-0.25, -0.2) is 0 Å². The largest absolute Gasteiger partial charge is 0.486 e. The van der Waals surface area contributed by atoms with Crippen LogP contribution in [0.4, 0.5) is 5.69 Å². The predicted molar refractivity (Wildman–Crippen MR) is 124 cm³/mol. The lowest BCUT2D eigenvalue weighted by molar-refractivity contribution is 0.299. The maximum atomic E-state index is 13.3. The van der Waals surface area contributed by atoms with E-state index in [-0.39, 0.29) is 17.9 Å². The first-order chi connectivity index (χ1) is 15.5. The molecular formula is C21H26ClN5O4S. The van der Waals surface area contributed by atoms with Crippen LogP contribution in [0.1, 0.15) is 19.3 Å². The molecule has 0 radical (unpaired) electrons. The molecule has 0 unspecified atom stereocenters. The van der Waals surface area contributed by atoms with Crippen molar-refractivity contribution in [3.63, 3.8) is 0 Å². The molecule has 0 amide bonds. The molecule has 5 rings (SSSR count). The maximum Gasteiger partial charge on any atom is 0.316 e. The second-order valence-electron chi connectivity index (χ2n) is 7.61. The predicted octanol–water partition coefficient (Wildman–Crippen LogP) is 1.96. The van der Waals surface area contributed by atoms with Gasteiger partial charge in [0.15, 0.2) is 0 Å². The number of benzene rings is 1. The molecule has 0 atom stereocenters. The topological polar surface area (TPSA) is 96.8 Å². The van der Waals surface area contributed by atoms with Crippen LogP contribution in [0.2, 0.25) is 5.02 Å². The van der Waals surface area contributed by atoms with Gasteiger partial charge in [-0.1, -0.05) is 29.8 Å².